The summed E-state index contributed by atoms with van der Waals surface area (Å²) in [7, 11) is 0. The van der Waals surface area contributed by atoms with E-state index in [4.69, 9.17) is 8.83 Å². The third-order valence-corrected chi connectivity index (χ3v) is 12.5. The van der Waals surface area contributed by atoms with Gasteiger partial charge in [-0.1, -0.05) is 64.1 Å². The fourth-order valence-electron chi connectivity index (χ4n) is 9.75. The smallest absolute Gasteiger partial charge is 0.237 e. The van der Waals surface area contributed by atoms with Crippen molar-refractivity contribution in [1.29, 1.82) is 0 Å². The Kier molecular flexibility index (Phi) is 6.81. The van der Waals surface area contributed by atoms with Gasteiger partial charge in [-0.05, 0) is 103 Å². The monoisotopic (exact) mass is 692 g/mol. The van der Waals surface area contributed by atoms with E-state index in [0.29, 0.717) is 74.8 Å². The number of carbonyl (C=O) groups is 4. The number of aromatic hydroxyl groups is 1. The molecule has 52 heavy (non-hydrogen) atoms. The third-order valence-electron chi connectivity index (χ3n) is 12.5. The summed E-state index contributed by atoms with van der Waals surface area (Å²) in [5, 5.41) is 10.3. The number of hydrogen-bond acceptors (Lipinski definition) is 7. The van der Waals surface area contributed by atoms with Gasteiger partial charge in [0.25, 0.3) is 0 Å². The van der Waals surface area contributed by atoms with Crippen LogP contribution in [0.4, 0.5) is 0 Å². The average molecular weight is 693 g/mol. The van der Waals surface area contributed by atoms with Gasteiger partial charge in [0.1, 0.15) is 34.7 Å². The lowest BCUT2D eigenvalue weighted by Crippen LogP contribution is -2.29. The Morgan fingerprint density at radius 3 is 1.40 bits per heavy atom. The Morgan fingerprint density at radius 2 is 0.981 bits per heavy atom. The lowest BCUT2D eigenvalue weighted by molar-refractivity contribution is 0.0813. The number of benzene rings is 3. The molecular weight excluding hydrogens is 652 g/mol. The fraction of sp³-hybridized carbons (Fsp3) is 0.333. The van der Waals surface area contributed by atoms with E-state index < -0.39 is 29.1 Å². The van der Waals surface area contributed by atoms with Crippen molar-refractivity contribution >= 4 is 23.1 Å². The Bertz CT molecular complexity index is 2310. The topological polar surface area (TPSA) is 115 Å². The van der Waals surface area contributed by atoms with Crippen molar-refractivity contribution in [2.75, 3.05) is 0 Å². The number of rotatable bonds is 3. The zero-order valence-electron chi connectivity index (χ0n) is 30.3. The lowest BCUT2D eigenvalue weighted by Gasteiger charge is -2.34. The molecule has 7 heteroatoms. The van der Waals surface area contributed by atoms with Crippen LogP contribution in [0.2, 0.25) is 0 Å². The molecule has 0 saturated heterocycles. The van der Waals surface area contributed by atoms with E-state index >= 15 is 0 Å². The molecule has 5 aromatic rings. The van der Waals surface area contributed by atoms with E-state index in [1.54, 1.807) is 38.1 Å². The first-order valence-corrected chi connectivity index (χ1v) is 18.3. The summed E-state index contributed by atoms with van der Waals surface area (Å²) < 4.78 is 13.6. The highest BCUT2D eigenvalue weighted by Gasteiger charge is 2.45. The molecular formula is C45H40O7. The van der Waals surface area contributed by atoms with Crippen LogP contribution in [-0.2, 0) is 23.7 Å². The first-order chi connectivity index (χ1) is 24.7. The molecule has 0 unspecified atom stereocenters. The minimum absolute atomic E-state index is 0.0678. The van der Waals surface area contributed by atoms with Gasteiger partial charge in [0.2, 0.25) is 23.1 Å². The largest absolute Gasteiger partial charge is 0.508 e. The molecule has 3 aromatic carbocycles. The number of Topliss-reactive ketones (excluding diaryl/α,β-unsaturated/α-hetero) is 4. The SMILES string of the molecule is Cc1c(C(c2ccc(O)cc2)c2oc3c(c2C)C(=O)C(=O)c2c-3ccc3c2CCCC3(C)C)oc2c1C(=O)C(=O)c1c-2ccc2c1CCCC2(C)C. The van der Waals surface area contributed by atoms with Gasteiger partial charge in [-0.3, -0.25) is 19.2 Å². The van der Waals surface area contributed by atoms with Crippen molar-refractivity contribution in [3.63, 3.8) is 0 Å². The molecule has 2 aromatic heterocycles. The number of hydrogen-bond donors (Lipinski definition) is 1. The second kappa shape index (κ2) is 10.9. The Balaban J connectivity index is 1.27. The minimum atomic E-state index is -0.775. The van der Waals surface area contributed by atoms with Crippen LogP contribution in [0, 0.1) is 13.8 Å². The zero-order chi connectivity index (χ0) is 36.6. The number of furan rings is 2. The van der Waals surface area contributed by atoms with Crippen LogP contribution in [0.3, 0.4) is 0 Å². The minimum Gasteiger partial charge on any atom is -0.508 e. The first kappa shape index (κ1) is 32.6. The maximum atomic E-state index is 14.1. The molecule has 9 rings (SSSR count). The van der Waals surface area contributed by atoms with E-state index in [0.717, 1.165) is 47.9 Å². The van der Waals surface area contributed by atoms with Crippen molar-refractivity contribution in [2.24, 2.45) is 0 Å². The summed E-state index contributed by atoms with van der Waals surface area (Å²) in [6, 6.07) is 14.6. The molecule has 0 atom stereocenters. The van der Waals surface area contributed by atoms with Gasteiger partial charge in [-0.15, -0.1) is 0 Å². The molecule has 7 nitrogen and oxygen atoms in total. The summed E-state index contributed by atoms with van der Waals surface area (Å²) >= 11 is 0. The lowest BCUT2D eigenvalue weighted by atomic mass is 9.69. The van der Waals surface area contributed by atoms with Crippen molar-refractivity contribution in [2.45, 2.75) is 96.8 Å². The van der Waals surface area contributed by atoms with Crippen LogP contribution in [0.15, 0.2) is 57.4 Å². The van der Waals surface area contributed by atoms with Gasteiger partial charge in [-0.25, -0.2) is 0 Å². The van der Waals surface area contributed by atoms with E-state index in [1.165, 1.54) is 0 Å². The van der Waals surface area contributed by atoms with Crippen LogP contribution in [0.5, 0.6) is 5.75 Å². The third kappa shape index (κ3) is 4.31. The quantitative estimate of drug-likeness (QED) is 0.187. The highest BCUT2D eigenvalue weighted by molar-refractivity contribution is 6.54. The maximum absolute atomic E-state index is 14.1. The van der Waals surface area contributed by atoms with Gasteiger partial charge < -0.3 is 13.9 Å². The van der Waals surface area contributed by atoms with Crippen LogP contribution in [0.25, 0.3) is 22.6 Å². The molecule has 4 aliphatic rings. The predicted octanol–water partition coefficient (Wildman–Crippen LogP) is 9.70. The second-order valence-corrected chi connectivity index (χ2v) is 16.4. The average Bonchev–Trinajstić information content (AvgIpc) is 3.63. The van der Waals surface area contributed by atoms with E-state index in [-0.39, 0.29) is 27.7 Å². The highest BCUT2D eigenvalue weighted by atomic mass is 16.4. The number of carbonyl (C=O) groups excluding carboxylic acids is 4. The summed E-state index contributed by atoms with van der Waals surface area (Å²) in [6.45, 7) is 12.2. The molecule has 0 aliphatic heterocycles. The van der Waals surface area contributed by atoms with E-state index in [1.807, 2.05) is 12.1 Å². The number of fused-ring (bicyclic) bond motifs is 10. The standard InChI is InChI=1S/C45H40O7/c1-21-31-36(47)38(49)34-25-9-7-19-44(3,4)29(25)17-15-27(34)42(31)51-40(21)33(23-11-13-24(46)14-12-23)41-22(2)32-37(48)39(50)35-26-10-8-20-45(5,6)30(26)18-16-28(35)43(32)52-41/h11-18,33,46H,7-10,19-20H2,1-6H3. The Morgan fingerprint density at radius 1 is 0.577 bits per heavy atom. The maximum Gasteiger partial charge on any atom is 0.237 e. The molecule has 0 saturated carbocycles. The molecule has 1 N–H and O–H groups in total. The molecule has 0 radical (unpaired) electrons. The molecule has 0 bridgehead atoms. The zero-order valence-corrected chi connectivity index (χ0v) is 30.3. The van der Waals surface area contributed by atoms with Gasteiger partial charge in [0.05, 0.1) is 11.1 Å². The van der Waals surface area contributed by atoms with Crippen LogP contribution >= 0.6 is 0 Å². The first-order valence-electron chi connectivity index (χ1n) is 18.3. The highest BCUT2D eigenvalue weighted by Crippen LogP contribution is 2.51. The Hall–Kier alpha value is -5.30. The van der Waals surface area contributed by atoms with Crippen LogP contribution in [0.1, 0.15) is 151 Å². The van der Waals surface area contributed by atoms with Gasteiger partial charge >= 0.3 is 0 Å². The van der Waals surface area contributed by atoms with Gasteiger partial charge in [-0.2, -0.15) is 0 Å². The fourth-order valence-corrected chi connectivity index (χ4v) is 9.75. The summed E-state index contributed by atoms with van der Waals surface area (Å²) in [4.78, 5) is 56.1. The molecule has 0 fully saturated rings. The van der Waals surface area contributed by atoms with E-state index in [9.17, 15) is 24.3 Å². The van der Waals surface area contributed by atoms with Crippen molar-refractivity contribution in [3.8, 4) is 28.4 Å². The predicted molar refractivity (Wildman–Crippen MR) is 196 cm³/mol. The number of ketones is 4. The van der Waals surface area contributed by atoms with E-state index in [2.05, 4.69) is 39.8 Å². The number of phenols is 1. The molecule has 2 heterocycles. The van der Waals surface area contributed by atoms with Crippen molar-refractivity contribution in [1.82, 2.24) is 0 Å². The molecule has 0 amide bonds. The summed E-state index contributed by atoms with van der Waals surface area (Å²) in [5.74, 6) is -1.48. The van der Waals surface area contributed by atoms with Gasteiger partial charge in [0.15, 0.2) is 0 Å². The van der Waals surface area contributed by atoms with Crippen LogP contribution in [-0.4, -0.2) is 28.2 Å². The second-order valence-electron chi connectivity index (χ2n) is 16.4. The summed E-state index contributed by atoms with van der Waals surface area (Å²) in [6.07, 6.45) is 5.26. The van der Waals surface area contributed by atoms with Crippen molar-refractivity contribution in [3.05, 3.63) is 121 Å². The normalized spacial score (nSPS) is 18.1. The van der Waals surface area contributed by atoms with Gasteiger partial charge in [0, 0.05) is 33.4 Å². The summed E-state index contributed by atoms with van der Waals surface area (Å²) in [5.41, 5.74) is 8.00. The molecule has 0 spiro atoms. The van der Waals surface area contributed by atoms with Crippen molar-refractivity contribution < 1.29 is 33.1 Å². The van der Waals surface area contributed by atoms with Crippen LogP contribution < -0.4 is 0 Å². The molecule has 262 valence electrons. The number of phenolic OH excluding ortho intramolecular Hbond substituents is 1. The Labute approximate surface area is 302 Å². The molecule has 4 aliphatic carbocycles.